The highest BCUT2D eigenvalue weighted by molar-refractivity contribution is 6.60. The highest BCUT2D eigenvalue weighted by Gasteiger charge is 2.39. The molecule has 2 amide bonds. The molecule has 0 aromatic heterocycles. The lowest BCUT2D eigenvalue weighted by Gasteiger charge is -2.16. The number of carbonyl (C=O) groups excluding carboxylic acids is 2. The van der Waals surface area contributed by atoms with Crippen molar-refractivity contribution in [3.05, 3.63) is 59.1 Å². The van der Waals surface area contributed by atoms with Crippen LogP contribution < -0.4 is 14.4 Å². The third-order valence-electron chi connectivity index (χ3n) is 4.22. The van der Waals surface area contributed by atoms with Crippen LogP contribution in [0, 0.1) is 5.92 Å². The molecule has 2 aromatic rings. The van der Waals surface area contributed by atoms with Gasteiger partial charge in [-0.2, -0.15) is 0 Å². The molecule has 1 heterocycles. The van der Waals surface area contributed by atoms with E-state index < -0.39 is 11.8 Å². The number of carbonyl (C=O) groups is 2. The molecule has 0 saturated heterocycles. The monoisotopic (exact) mass is 413 g/mol. The second-order valence-electron chi connectivity index (χ2n) is 7.52. The predicted molar refractivity (Wildman–Crippen MR) is 114 cm³/mol. The topological polar surface area (TPSA) is 55.8 Å². The van der Waals surface area contributed by atoms with Gasteiger partial charge < -0.3 is 9.47 Å². The molecule has 3 rings (SSSR count). The largest absolute Gasteiger partial charge is 0.493 e. The molecule has 0 atom stereocenters. The van der Waals surface area contributed by atoms with Crippen LogP contribution in [0.3, 0.4) is 0 Å². The second-order valence-corrected chi connectivity index (χ2v) is 7.90. The molecule has 5 nitrogen and oxygen atoms in total. The third kappa shape index (κ3) is 4.62. The molecule has 0 radical (unpaired) electrons. The smallest absolute Gasteiger partial charge is 0.277 e. The highest BCUT2D eigenvalue weighted by atomic mass is 35.5. The quantitative estimate of drug-likeness (QED) is 0.597. The van der Waals surface area contributed by atoms with Crippen LogP contribution in [0.25, 0.3) is 5.57 Å². The number of imide groups is 1. The lowest BCUT2D eigenvalue weighted by atomic mass is 10.1. The van der Waals surface area contributed by atoms with E-state index in [1.807, 2.05) is 13.8 Å². The Hall–Kier alpha value is -2.79. The van der Waals surface area contributed by atoms with Gasteiger partial charge in [0.2, 0.25) is 0 Å². The van der Waals surface area contributed by atoms with Crippen molar-refractivity contribution in [2.75, 3.05) is 11.5 Å². The first-order valence-corrected chi connectivity index (χ1v) is 9.94. The summed E-state index contributed by atoms with van der Waals surface area (Å²) in [6.07, 6.45) is 0.0334. The molecule has 0 spiro atoms. The molecule has 0 aliphatic carbocycles. The molecule has 0 fully saturated rings. The number of halogens is 1. The Balaban J connectivity index is 1.81. The fraction of sp³-hybridized carbons (Fsp3) is 0.304. The number of hydrogen-bond acceptors (Lipinski definition) is 4. The lowest BCUT2D eigenvalue weighted by Crippen LogP contribution is -2.31. The van der Waals surface area contributed by atoms with E-state index in [9.17, 15) is 9.59 Å². The Morgan fingerprint density at radius 1 is 0.862 bits per heavy atom. The maximum Gasteiger partial charge on any atom is 0.277 e. The maximum atomic E-state index is 13.0. The van der Waals surface area contributed by atoms with E-state index in [2.05, 4.69) is 13.8 Å². The van der Waals surface area contributed by atoms with Gasteiger partial charge in [0.25, 0.3) is 11.8 Å². The lowest BCUT2D eigenvalue weighted by molar-refractivity contribution is -0.119. The summed E-state index contributed by atoms with van der Waals surface area (Å²) in [5.41, 5.74) is 1.21. The molecule has 0 saturated carbocycles. The molecule has 152 valence electrons. The zero-order valence-corrected chi connectivity index (χ0v) is 17.7. The van der Waals surface area contributed by atoms with Crippen molar-refractivity contribution in [3.63, 3.8) is 0 Å². The van der Waals surface area contributed by atoms with Crippen molar-refractivity contribution in [1.29, 1.82) is 0 Å². The van der Waals surface area contributed by atoms with Crippen molar-refractivity contribution < 1.29 is 19.1 Å². The van der Waals surface area contributed by atoms with Gasteiger partial charge in [0.1, 0.15) is 16.5 Å². The molecule has 2 aromatic carbocycles. The summed E-state index contributed by atoms with van der Waals surface area (Å²) in [7, 11) is 0. The van der Waals surface area contributed by atoms with Gasteiger partial charge in [-0.3, -0.25) is 9.59 Å². The summed E-state index contributed by atoms with van der Waals surface area (Å²) in [6, 6.07) is 13.8. The summed E-state index contributed by atoms with van der Waals surface area (Å²) < 4.78 is 11.3. The van der Waals surface area contributed by atoms with Crippen LogP contribution in [0.2, 0.25) is 0 Å². The average Bonchev–Trinajstić information content (AvgIpc) is 2.90. The number of anilines is 1. The van der Waals surface area contributed by atoms with Crippen molar-refractivity contribution in [1.82, 2.24) is 0 Å². The fourth-order valence-corrected chi connectivity index (χ4v) is 3.19. The van der Waals surface area contributed by atoms with E-state index >= 15 is 0 Å². The van der Waals surface area contributed by atoms with Crippen LogP contribution in [0.1, 0.15) is 33.3 Å². The first-order valence-electron chi connectivity index (χ1n) is 9.56. The normalized spacial score (nSPS) is 14.4. The van der Waals surface area contributed by atoms with Gasteiger partial charge in [-0.25, -0.2) is 4.90 Å². The fourth-order valence-electron chi connectivity index (χ4n) is 2.91. The number of amides is 2. The average molecular weight is 414 g/mol. The van der Waals surface area contributed by atoms with Crippen LogP contribution in [0.4, 0.5) is 5.69 Å². The Kier molecular flexibility index (Phi) is 6.28. The number of nitrogens with zero attached hydrogens (tertiary/aromatic N) is 1. The minimum atomic E-state index is -0.538. The van der Waals surface area contributed by atoms with Crippen molar-refractivity contribution in [3.8, 4) is 11.5 Å². The van der Waals surface area contributed by atoms with Crippen LogP contribution in [0.15, 0.2) is 53.6 Å². The molecular weight excluding hydrogens is 390 g/mol. The molecule has 6 heteroatoms. The van der Waals surface area contributed by atoms with Crippen molar-refractivity contribution in [2.24, 2.45) is 5.92 Å². The van der Waals surface area contributed by atoms with E-state index in [-0.39, 0.29) is 16.7 Å². The summed E-state index contributed by atoms with van der Waals surface area (Å²) in [6.45, 7) is 8.59. The molecule has 29 heavy (non-hydrogen) atoms. The van der Waals surface area contributed by atoms with Crippen molar-refractivity contribution >= 4 is 34.7 Å². The summed E-state index contributed by atoms with van der Waals surface area (Å²) in [4.78, 5) is 26.7. The van der Waals surface area contributed by atoms with E-state index in [1.165, 1.54) is 0 Å². The van der Waals surface area contributed by atoms with Gasteiger partial charge in [0.15, 0.2) is 0 Å². The second kappa shape index (κ2) is 8.70. The molecule has 0 unspecified atom stereocenters. The van der Waals surface area contributed by atoms with Gasteiger partial charge in [0.05, 0.1) is 24.0 Å². The van der Waals surface area contributed by atoms with Crippen LogP contribution in [0.5, 0.6) is 11.5 Å². The van der Waals surface area contributed by atoms with Gasteiger partial charge in [-0.15, -0.1) is 0 Å². The molecule has 1 aliphatic heterocycles. The number of hydrogen-bond donors (Lipinski definition) is 0. The minimum Gasteiger partial charge on any atom is -0.493 e. The van der Waals surface area contributed by atoms with Crippen LogP contribution in [-0.4, -0.2) is 24.5 Å². The highest BCUT2D eigenvalue weighted by Crippen LogP contribution is 2.36. The molecular formula is C23H24ClNO4. The van der Waals surface area contributed by atoms with Gasteiger partial charge in [-0.1, -0.05) is 37.6 Å². The van der Waals surface area contributed by atoms with E-state index in [0.717, 1.165) is 4.90 Å². The zero-order valence-electron chi connectivity index (χ0n) is 16.9. The Morgan fingerprint density at radius 3 is 2.00 bits per heavy atom. The number of ether oxygens (including phenoxy) is 2. The van der Waals surface area contributed by atoms with Crippen LogP contribution in [-0.2, 0) is 9.59 Å². The minimum absolute atomic E-state index is 0.0334. The summed E-state index contributed by atoms with van der Waals surface area (Å²) >= 11 is 6.26. The SMILES string of the molecule is CC(C)COc1ccc(C2=C(Cl)C(=O)N(c3ccc(OC(C)C)cc3)C2=O)cc1. The molecule has 0 bridgehead atoms. The van der Waals surface area contributed by atoms with E-state index in [4.69, 9.17) is 21.1 Å². The zero-order chi connectivity index (χ0) is 21.1. The predicted octanol–water partition coefficient (Wildman–Crippen LogP) is 5.03. The Bertz CT molecular complexity index is 930. The standard InChI is InChI=1S/C23H24ClNO4/c1-14(2)13-28-18-9-5-16(6-10-18)20-21(24)23(27)25(22(20)26)17-7-11-19(12-8-17)29-15(3)4/h5-12,14-15H,13H2,1-4H3. The third-order valence-corrected chi connectivity index (χ3v) is 4.57. The molecule has 1 aliphatic rings. The van der Waals surface area contributed by atoms with Crippen molar-refractivity contribution in [2.45, 2.75) is 33.8 Å². The number of benzene rings is 2. The summed E-state index contributed by atoms with van der Waals surface area (Å²) in [5.74, 6) is 0.789. The van der Waals surface area contributed by atoms with Gasteiger partial charge >= 0.3 is 0 Å². The van der Waals surface area contributed by atoms with E-state index in [1.54, 1.807) is 48.5 Å². The maximum absolute atomic E-state index is 13.0. The first-order chi connectivity index (χ1) is 13.8. The number of rotatable bonds is 7. The summed E-state index contributed by atoms with van der Waals surface area (Å²) in [5, 5.41) is -0.0895. The first kappa shape index (κ1) is 20.9. The Labute approximate surface area is 175 Å². The molecule has 0 N–H and O–H groups in total. The van der Waals surface area contributed by atoms with Gasteiger partial charge in [0, 0.05) is 0 Å². The Morgan fingerprint density at radius 2 is 1.45 bits per heavy atom. The van der Waals surface area contributed by atoms with E-state index in [0.29, 0.717) is 35.3 Å². The van der Waals surface area contributed by atoms with Gasteiger partial charge in [-0.05, 0) is 61.7 Å². The van der Waals surface area contributed by atoms with Crippen LogP contribution >= 0.6 is 11.6 Å².